The number of benzene rings is 4. The van der Waals surface area contributed by atoms with Gasteiger partial charge in [-0.15, -0.1) is 0 Å². The Kier molecular flexibility index (Phi) is 16.9. The molecule has 4 fully saturated rings. The molecule has 0 nitrogen and oxygen atoms in total. The van der Waals surface area contributed by atoms with Crippen LogP contribution in [0, 0.1) is 65.2 Å². The zero-order valence-electron chi connectivity index (χ0n) is 32.9. The summed E-state index contributed by atoms with van der Waals surface area (Å²) in [7, 11) is -2.56. The third-order valence-corrected chi connectivity index (χ3v) is 28.3. The Morgan fingerprint density at radius 3 is 1.96 bits per heavy atom. The van der Waals surface area contributed by atoms with Crippen molar-refractivity contribution >= 4 is 37.8 Å². The molecule has 4 saturated carbocycles. The largest absolute Gasteiger partial charge is 4.00 e. The van der Waals surface area contributed by atoms with Crippen LogP contribution in [0.2, 0.25) is 11.1 Å². The predicted octanol–water partition coefficient (Wildman–Crippen LogP) is 11.9. The number of rotatable bonds is 9. The van der Waals surface area contributed by atoms with E-state index in [2.05, 4.69) is 117 Å². The Hall–Kier alpha value is -1.54. The van der Waals surface area contributed by atoms with Crippen LogP contribution < -0.4 is 10.4 Å². The van der Waals surface area contributed by atoms with E-state index in [4.69, 9.17) is 0 Å². The molecule has 3 heteroatoms. The summed E-state index contributed by atoms with van der Waals surface area (Å²) in [6.07, 6.45) is 16.2. The monoisotopic (exact) mass is 790 g/mol. The summed E-state index contributed by atoms with van der Waals surface area (Å²) in [5.74, 6) is 6.17. The SMILES string of the molecule is CCCCC1CCC([SiH](c2ccccc2)[SiH](c2ccccc2)C2C(C)CC3C2CC2CCCC2C3c2cccc3ccccc23)C1.[CH3-].[CH3-].[CH3-].[CH3-].[Zr+4]. The van der Waals surface area contributed by atoms with Crippen LogP contribution in [0.1, 0.15) is 96.0 Å². The average molecular weight is 792 g/mol. The standard InChI is InChI=1S/C44H56Si2.4CH3.Zr/c1-3-4-15-32-26-27-37(29-32)45(35-19-7-5-8-20-35)46(36-21-9-6-10-22-36)44-31(2)28-41-42(44)30-34-18-14-24-39(34)43(41)40-25-13-17-33-16-11-12-23-38(33)40;;;;;/h5-13,16-17,19-23,25,31-32,34,37,39,41-46H,3-4,14-15,18,24,26-30H2,1-2H3;4*1H3;/q;4*-1;+4. The third-order valence-electron chi connectivity index (χ3n) is 14.0. The van der Waals surface area contributed by atoms with Crippen molar-refractivity contribution in [3.05, 3.63) is 138 Å². The minimum Gasteiger partial charge on any atom is -0.358 e. The van der Waals surface area contributed by atoms with Gasteiger partial charge in [0.1, 0.15) is 0 Å². The van der Waals surface area contributed by atoms with Crippen LogP contribution in [-0.4, -0.2) is 16.6 Å². The normalized spacial score (nSPS) is 30.2. The maximum atomic E-state index is 2.73. The summed E-state index contributed by atoms with van der Waals surface area (Å²) in [6.45, 7) is 5.12. The Bertz CT molecular complexity index is 1580. The van der Waals surface area contributed by atoms with Gasteiger partial charge in [-0.05, 0) is 88.1 Å². The second-order valence-electron chi connectivity index (χ2n) is 16.3. The van der Waals surface area contributed by atoms with Gasteiger partial charge < -0.3 is 29.7 Å². The summed E-state index contributed by atoms with van der Waals surface area (Å²) < 4.78 is 0. The van der Waals surface area contributed by atoms with Gasteiger partial charge in [0.2, 0.25) is 0 Å². The number of hydrogen-bond acceptors (Lipinski definition) is 0. The molecule has 0 aromatic heterocycles. The van der Waals surface area contributed by atoms with Crippen LogP contribution in [-0.2, 0) is 26.2 Å². The fraction of sp³-hybridized carbons (Fsp3) is 0.458. The van der Waals surface area contributed by atoms with Gasteiger partial charge >= 0.3 is 26.2 Å². The fourth-order valence-corrected chi connectivity index (χ4v) is 29.7. The molecule has 4 aromatic rings. The molecule has 4 aliphatic rings. The van der Waals surface area contributed by atoms with Crippen molar-refractivity contribution in [2.75, 3.05) is 0 Å². The molecular weight excluding hydrogens is 724 g/mol. The Morgan fingerprint density at radius 2 is 1.25 bits per heavy atom. The van der Waals surface area contributed by atoms with E-state index < -0.39 is 16.6 Å². The summed E-state index contributed by atoms with van der Waals surface area (Å²) in [5, 5.41) is 6.65. The average Bonchev–Trinajstić information content (AvgIpc) is 3.84. The van der Waals surface area contributed by atoms with E-state index in [0.29, 0.717) is 0 Å². The molecule has 4 aliphatic carbocycles. The minimum atomic E-state index is -1.32. The molecule has 11 unspecified atom stereocenters. The second kappa shape index (κ2) is 19.7. The van der Waals surface area contributed by atoms with Gasteiger partial charge in [-0.25, -0.2) is 0 Å². The maximum absolute atomic E-state index is 2.73. The number of hydrogen-bond donors (Lipinski definition) is 0. The van der Waals surface area contributed by atoms with Gasteiger partial charge in [0.05, 0.1) is 16.6 Å². The minimum absolute atomic E-state index is 0. The van der Waals surface area contributed by atoms with Crippen LogP contribution in [0.5, 0.6) is 0 Å². The molecule has 51 heavy (non-hydrogen) atoms. The second-order valence-corrected chi connectivity index (χ2v) is 25.7. The Balaban J connectivity index is 0.00000140. The molecule has 0 radical (unpaired) electrons. The van der Waals surface area contributed by atoms with Gasteiger partial charge in [-0.1, -0.05) is 179 Å². The van der Waals surface area contributed by atoms with Crippen molar-refractivity contribution in [3.8, 4) is 0 Å². The number of unbranched alkanes of at least 4 members (excludes halogenated alkanes) is 1. The van der Waals surface area contributed by atoms with E-state index in [1.54, 1.807) is 10.9 Å². The third kappa shape index (κ3) is 8.57. The molecule has 11 atom stereocenters. The van der Waals surface area contributed by atoms with Crippen LogP contribution in [0.15, 0.2) is 103 Å². The smallest absolute Gasteiger partial charge is 0.358 e. The molecule has 8 rings (SSSR count). The van der Waals surface area contributed by atoms with Crippen molar-refractivity contribution in [1.29, 1.82) is 0 Å². The topological polar surface area (TPSA) is 0 Å². The molecule has 272 valence electrons. The van der Waals surface area contributed by atoms with E-state index in [9.17, 15) is 0 Å². The first kappa shape index (κ1) is 43.9. The van der Waals surface area contributed by atoms with Crippen LogP contribution in [0.3, 0.4) is 0 Å². The molecular formula is C48H68Si2Zr. The number of fused-ring (bicyclic) bond motifs is 3. The van der Waals surface area contributed by atoms with Gasteiger partial charge in [0.25, 0.3) is 0 Å². The van der Waals surface area contributed by atoms with Gasteiger partial charge in [-0.3, -0.25) is 0 Å². The van der Waals surface area contributed by atoms with Crippen molar-refractivity contribution in [3.63, 3.8) is 0 Å². The van der Waals surface area contributed by atoms with Gasteiger partial charge in [0, 0.05) is 0 Å². The van der Waals surface area contributed by atoms with E-state index in [-0.39, 0.29) is 55.9 Å². The Labute approximate surface area is 337 Å². The van der Waals surface area contributed by atoms with Gasteiger partial charge in [0.15, 0.2) is 0 Å². The van der Waals surface area contributed by atoms with E-state index >= 15 is 0 Å². The van der Waals surface area contributed by atoms with E-state index in [0.717, 1.165) is 52.5 Å². The zero-order valence-corrected chi connectivity index (χ0v) is 37.7. The summed E-state index contributed by atoms with van der Waals surface area (Å²) >= 11 is 0. The molecule has 0 heterocycles. The predicted molar refractivity (Wildman–Crippen MR) is 229 cm³/mol. The molecule has 0 spiro atoms. The first-order valence-corrected chi connectivity index (χ1v) is 24.4. The first-order valence-electron chi connectivity index (χ1n) is 19.3. The molecule has 0 saturated heterocycles. The van der Waals surface area contributed by atoms with Crippen molar-refractivity contribution < 1.29 is 26.2 Å². The Morgan fingerprint density at radius 1 is 0.608 bits per heavy atom. The molecule has 0 N–H and O–H groups in total. The van der Waals surface area contributed by atoms with Gasteiger partial charge in [-0.2, -0.15) is 0 Å². The molecule has 0 amide bonds. The molecule has 4 aromatic carbocycles. The first-order chi connectivity index (χ1) is 22.7. The maximum Gasteiger partial charge on any atom is 4.00 e. The molecule has 0 bridgehead atoms. The van der Waals surface area contributed by atoms with Crippen LogP contribution >= 0.6 is 0 Å². The van der Waals surface area contributed by atoms with Crippen molar-refractivity contribution in [2.24, 2.45) is 35.5 Å². The van der Waals surface area contributed by atoms with Crippen molar-refractivity contribution in [1.82, 2.24) is 0 Å². The van der Waals surface area contributed by atoms with Crippen LogP contribution in [0.25, 0.3) is 10.8 Å². The van der Waals surface area contributed by atoms with E-state index in [1.165, 1.54) is 76.0 Å². The summed E-state index contributed by atoms with van der Waals surface area (Å²) in [5.41, 5.74) is 3.64. The molecule has 0 aliphatic heterocycles. The van der Waals surface area contributed by atoms with Crippen LogP contribution in [0.4, 0.5) is 0 Å². The summed E-state index contributed by atoms with van der Waals surface area (Å²) in [4.78, 5) is 0. The zero-order chi connectivity index (χ0) is 31.0. The summed E-state index contributed by atoms with van der Waals surface area (Å²) in [6, 6.07) is 41.2. The quantitative estimate of drug-likeness (QED) is 0.117. The van der Waals surface area contributed by atoms with E-state index in [1.807, 2.05) is 10.4 Å². The van der Waals surface area contributed by atoms with Crippen molar-refractivity contribution in [2.45, 2.75) is 101 Å². The fourth-order valence-electron chi connectivity index (χ4n) is 12.3.